The van der Waals surface area contributed by atoms with Crippen molar-refractivity contribution >= 4 is 18.0 Å². The Morgan fingerprint density at radius 2 is 2.31 bits per heavy atom. The zero-order valence-corrected chi connectivity index (χ0v) is 8.73. The Morgan fingerprint density at radius 3 is 3.06 bits per heavy atom. The minimum absolute atomic E-state index is 0.260. The number of fused-ring (bicyclic) bond motifs is 1. The monoisotopic (exact) mass is 218 g/mol. The van der Waals surface area contributed by atoms with E-state index in [0.29, 0.717) is 5.56 Å². The standard InChI is InChI=1S/C12H10O4/c1-15-11(13)6-5-8-3-2-4-9-10(8)7-16-12(9)14/h2-6H,7H2,1H3/b6-5-. The van der Waals surface area contributed by atoms with Gasteiger partial charge in [-0.1, -0.05) is 12.1 Å². The van der Waals surface area contributed by atoms with E-state index in [1.165, 1.54) is 13.2 Å². The van der Waals surface area contributed by atoms with Crippen LogP contribution in [-0.2, 0) is 20.9 Å². The fraction of sp³-hybridized carbons (Fsp3) is 0.167. The minimum atomic E-state index is -0.428. The number of benzene rings is 1. The average molecular weight is 218 g/mol. The van der Waals surface area contributed by atoms with E-state index in [4.69, 9.17) is 4.74 Å². The fourth-order valence-corrected chi connectivity index (χ4v) is 1.55. The van der Waals surface area contributed by atoms with Gasteiger partial charge in [-0.05, 0) is 17.7 Å². The molecule has 4 heteroatoms. The van der Waals surface area contributed by atoms with Gasteiger partial charge in [0.05, 0.1) is 12.7 Å². The lowest BCUT2D eigenvalue weighted by atomic mass is 10.0. The van der Waals surface area contributed by atoms with Crippen molar-refractivity contribution in [2.24, 2.45) is 0 Å². The number of ether oxygens (including phenoxy) is 2. The first-order valence-corrected chi connectivity index (χ1v) is 4.77. The van der Waals surface area contributed by atoms with Gasteiger partial charge in [0.2, 0.25) is 0 Å². The lowest BCUT2D eigenvalue weighted by Crippen LogP contribution is -1.95. The Kier molecular flexibility index (Phi) is 2.72. The van der Waals surface area contributed by atoms with Crippen molar-refractivity contribution in [3.63, 3.8) is 0 Å². The first-order chi connectivity index (χ1) is 7.72. The summed E-state index contributed by atoms with van der Waals surface area (Å²) in [6, 6.07) is 5.28. The summed E-state index contributed by atoms with van der Waals surface area (Å²) in [6.45, 7) is 0.260. The van der Waals surface area contributed by atoms with Crippen LogP contribution in [0.15, 0.2) is 24.3 Å². The van der Waals surface area contributed by atoms with Crippen LogP contribution in [0.25, 0.3) is 6.08 Å². The van der Waals surface area contributed by atoms with Crippen LogP contribution in [0.5, 0.6) is 0 Å². The highest BCUT2D eigenvalue weighted by molar-refractivity contribution is 5.95. The second kappa shape index (κ2) is 4.18. The molecule has 0 unspecified atom stereocenters. The lowest BCUT2D eigenvalue weighted by Gasteiger charge is -1.99. The number of methoxy groups -OCH3 is 1. The Hall–Kier alpha value is -2.10. The van der Waals surface area contributed by atoms with Crippen molar-refractivity contribution in [2.75, 3.05) is 7.11 Å². The predicted octanol–water partition coefficient (Wildman–Crippen LogP) is 1.54. The van der Waals surface area contributed by atoms with Gasteiger partial charge in [-0.2, -0.15) is 0 Å². The predicted molar refractivity (Wildman–Crippen MR) is 56.6 cm³/mol. The first kappa shape index (κ1) is 10.4. The van der Waals surface area contributed by atoms with Gasteiger partial charge in [0.15, 0.2) is 0 Å². The van der Waals surface area contributed by atoms with E-state index in [-0.39, 0.29) is 12.6 Å². The second-order valence-electron chi connectivity index (χ2n) is 3.31. The van der Waals surface area contributed by atoms with Crippen LogP contribution in [0.4, 0.5) is 0 Å². The van der Waals surface area contributed by atoms with Crippen molar-refractivity contribution in [3.8, 4) is 0 Å². The third kappa shape index (κ3) is 1.82. The fourth-order valence-electron chi connectivity index (χ4n) is 1.55. The second-order valence-corrected chi connectivity index (χ2v) is 3.31. The number of carbonyl (C=O) groups is 2. The normalized spacial score (nSPS) is 13.7. The summed E-state index contributed by atoms with van der Waals surface area (Å²) in [5.41, 5.74) is 2.17. The van der Waals surface area contributed by atoms with Crippen LogP contribution in [-0.4, -0.2) is 19.0 Å². The van der Waals surface area contributed by atoms with E-state index in [2.05, 4.69) is 4.74 Å². The third-order valence-corrected chi connectivity index (χ3v) is 2.38. The van der Waals surface area contributed by atoms with Crippen molar-refractivity contribution in [1.29, 1.82) is 0 Å². The maximum atomic E-state index is 11.3. The highest BCUT2D eigenvalue weighted by atomic mass is 16.5. The van der Waals surface area contributed by atoms with Gasteiger partial charge in [0.1, 0.15) is 6.61 Å². The van der Waals surface area contributed by atoms with Gasteiger partial charge >= 0.3 is 11.9 Å². The molecule has 16 heavy (non-hydrogen) atoms. The lowest BCUT2D eigenvalue weighted by molar-refractivity contribution is -0.134. The Bertz CT molecular complexity index is 474. The molecule has 0 radical (unpaired) electrons. The largest absolute Gasteiger partial charge is 0.466 e. The summed E-state index contributed by atoms with van der Waals surface area (Å²) in [5, 5.41) is 0. The zero-order chi connectivity index (χ0) is 11.5. The van der Waals surface area contributed by atoms with Crippen LogP contribution in [0, 0.1) is 0 Å². The molecule has 1 aromatic rings. The summed E-state index contributed by atoms with van der Waals surface area (Å²) in [4.78, 5) is 22.2. The molecule has 0 N–H and O–H groups in total. The molecule has 0 saturated carbocycles. The van der Waals surface area contributed by atoms with Crippen LogP contribution >= 0.6 is 0 Å². The van der Waals surface area contributed by atoms with Crippen molar-refractivity contribution < 1.29 is 19.1 Å². The average Bonchev–Trinajstić information content (AvgIpc) is 2.69. The molecule has 2 rings (SSSR count). The molecular weight excluding hydrogens is 208 g/mol. The van der Waals surface area contributed by atoms with E-state index in [1.807, 2.05) is 6.07 Å². The van der Waals surface area contributed by atoms with E-state index < -0.39 is 5.97 Å². The molecule has 0 atom stereocenters. The maximum Gasteiger partial charge on any atom is 0.338 e. The van der Waals surface area contributed by atoms with Gasteiger partial charge in [-0.25, -0.2) is 9.59 Å². The highest BCUT2D eigenvalue weighted by Gasteiger charge is 2.22. The van der Waals surface area contributed by atoms with Gasteiger partial charge in [-0.15, -0.1) is 0 Å². The summed E-state index contributed by atoms with van der Waals surface area (Å²) in [6.07, 6.45) is 2.94. The molecule has 0 bridgehead atoms. The Balaban J connectivity index is 2.33. The Morgan fingerprint density at radius 1 is 1.50 bits per heavy atom. The Labute approximate surface area is 92.5 Å². The summed E-state index contributed by atoms with van der Waals surface area (Å²) < 4.78 is 9.40. The van der Waals surface area contributed by atoms with E-state index in [0.717, 1.165) is 11.1 Å². The van der Waals surface area contributed by atoms with Gasteiger partial charge in [-0.3, -0.25) is 0 Å². The first-order valence-electron chi connectivity index (χ1n) is 4.77. The molecule has 1 aliphatic rings. The van der Waals surface area contributed by atoms with Crippen molar-refractivity contribution in [2.45, 2.75) is 6.61 Å². The number of rotatable bonds is 2. The smallest absolute Gasteiger partial charge is 0.338 e. The summed E-state index contributed by atoms with van der Waals surface area (Å²) in [5.74, 6) is -0.744. The quantitative estimate of drug-likeness (QED) is 0.558. The van der Waals surface area contributed by atoms with Crippen molar-refractivity contribution in [1.82, 2.24) is 0 Å². The third-order valence-electron chi connectivity index (χ3n) is 2.38. The number of hydrogen-bond acceptors (Lipinski definition) is 4. The van der Waals surface area contributed by atoms with Crippen molar-refractivity contribution in [3.05, 3.63) is 41.0 Å². The number of cyclic esters (lactones) is 1. The van der Waals surface area contributed by atoms with Crippen LogP contribution in [0.2, 0.25) is 0 Å². The number of esters is 2. The SMILES string of the molecule is COC(=O)/C=C\c1cccc2c1COC2=O. The van der Waals surface area contributed by atoms with E-state index in [9.17, 15) is 9.59 Å². The summed E-state index contributed by atoms with van der Waals surface area (Å²) in [7, 11) is 1.31. The van der Waals surface area contributed by atoms with Gasteiger partial charge in [0, 0.05) is 11.6 Å². The highest BCUT2D eigenvalue weighted by Crippen LogP contribution is 2.24. The maximum absolute atomic E-state index is 11.3. The molecule has 0 aromatic heterocycles. The number of carbonyl (C=O) groups excluding carboxylic acids is 2. The van der Waals surface area contributed by atoms with E-state index in [1.54, 1.807) is 18.2 Å². The van der Waals surface area contributed by atoms with Crippen LogP contribution in [0.3, 0.4) is 0 Å². The molecular formula is C12H10O4. The summed E-state index contributed by atoms with van der Waals surface area (Å²) >= 11 is 0. The molecule has 0 spiro atoms. The van der Waals surface area contributed by atoms with E-state index >= 15 is 0 Å². The molecule has 0 amide bonds. The van der Waals surface area contributed by atoms with Crippen LogP contribution < -0.4 is 0 Å². The molecule has 0 aliphatic carbocycles. The molecule has 0 fully saturated rings. The molecule has 82 valence electrons. The topological polar surface area (TPSA) is 52.6 Å². The molecule has 1 heterocycles. The van der Waals surface area contributed by atoms with Gasteiger partial charge in [0.25, 0.3) is 0 Å². The number of hydrogen-bond donors (Lipinski definition) is 0. The molecule has 0 saturated heterocycles. The molecule has 1 aromatic carbocycles. The van der Waals surface area contributed by atoms with Crippen LogP contribution in [0.1, 0.15) is 21.5 Å². The zero-order valence-electron chi connectivity index (χ0n) is 8.73. The molecule has 4 nitrogen and oxygen atoms in total. The van der Waals surface area contributed by atoms with Gasteiger partial charge < -0.3 is 9.47 Å². The minimum Gasteiger partial charge on any atom is -0.466 e. The molecule has 1 aliphatic heterocycles.